The lowest BCUT2D eigenvalue weighted by atomic mass is 10.1. The zero-order chi connectivity index (χ0) is 14.3. The van der Waals surface area contributed by atoms with Gasteiger partial charge in [0.05, 0.1) is 20.8 Å². The maximum atomic E-state index is 10.5. The molecule has 1 N–H and O–H groups in total. The van der Waals surface area contributed by atoms with E-state index in [1.807, 2.05) is 6.92 Å². The van der Waals surface area contributed by atoms with Crippen LogP contribution in [-0.2, 0) is 4.79 Å². The van der Waals surface area contributed by atoms with Gasteiger partial charge in [0.1, 0.15) is 0 Å². The number of carbonyl (C=O) groups is 1. The summed E-state index contributed by atoms with van der Waals surface area (Å²) in [7, 11) is 3.05. The lowest BCUT2D eigenvalue weighted by molar-refractivity contribution is -0.131. The van der Waals surface area contributed by atoms with Gasteiger partial charge in [-0.05, 0) is 30.2 Å². The van der Waals surface area contributed by atoms with Crippen LogP contribution in [0.3, 0.4) is 0 Å². The van der Waals surface area contributed by atoms with E-state index in [2.05, 4.69) is 0 Å². The number of ether oxygens (including phenoxy) is 3. The van der Waals surface area contributed by atoms with Crippen molar-refractivity contribution in [1.82, 2.24) is 0 Å². The second kappa shape index (κ2) is 7.31. The van der Waals surface area contributed by atoms with Crippen molar-refractivity contribution in [1.29, 1.82) is 0 Å². The van der Waals surface area contributed by atoms with E-state index in [9.17, 15) is 4.79 Å². The van der Waals surface area contributed by atoms with E-state index in [4.69, 9.17) is 19.3 Å². The summed E-state index contributed by atoms with van der Waals surface area (Å²) in [6.07, 6.45) is 3.39. The quantitative estimate of drug-likeness (QED) is 0.768. The third-order valence-corrected chi connectivity index (χ3v) is 2.35. The Morgan fingerprint density at radius 3 is 2.26 bits per heavy atom. The number of carboxylic acid groups (broad SMARTS) is 1. The van der Waals surface area contributed by atoms with Gasteiger partial charge in [-0.15, -0.1) is 0 Å². The van der Waals surface area contributed by atoms with E-state index in [0.29, 0.717) is 29.4 Å². The van der Waals surface area contributed by atoms with Gasteiger partial charge in [-0.1, -0.05) is 6.92 Å². The van der Waals surface area contributed by atoms with Gasteiger partial charge in [0.25, 0.3) is 0 Å². The van der Waals surface area contributed by atoms with Crippen LogP contribution in [0.2, 0.25) is 0 Å². The van der Waals surface area contributed by atoms with Crippen LogP contribution in [0, 0.1) is 0 Å². The van der Waals surface area contributed by atoms with Crippen LogP contribution in [0.4, 0.5) is 0 Å². The SMILES string of the molecule is CCCOc1c(OC)cc(/C=C/C(=O)O)cc1OC. The maximum absolute atomic E-state index is 10.5. The van der Waals surface area contributed by atoms with Crippen molar-refractivity contribution in [2.24, 2.45) is 0 Å². The molecule has 0 aliphatic rings. The molecule has 5 heteroatoms. The number of carboxylic acids is 1. The van der Waals surface area contributed by atoms with Crippen molar-refractivity contribution in [2.75, 3.05) is 20.8 Å². The molecule has 0 saturated carbocycles. The van der Waals surface area contributed by atoms with Crippen LogP contribution < -0.4 is 14.2 Å². The Balaban J connectivity index is 3.15. The fourth-order valence-electron chi connectivity index (χ4n) is 1.51. The summed E-state index contributed by atoms with van der Waals surface area (Å²) in [5.74, 6) is 0.541. The predicted octanol–water partition coefficient (Wildman–Crippen LogP) is 2.59. The van der Waals surface area contributed by atoms with E-state index in [1.54, 1.807) is 12.1 Å². The molecular formula is C14H18O5. The predicted molar refractivity (Wildman–Crippen MR) is 72.0 cm³/mol. The highest BCUT2D eigenvalue weighted by Crippen LogP contribution is 2.38. The molecule has 0 atom stereocenters. The minimum absolute atomic E-state index is 0.512. The molecular weight excluding hydrogens is 248 g/mol. The summed E-state index contributed by atoms with van der Waals surface area (Å²) in [4.78, 5) is 10.5. The third-order valence-electron chi connectivity index (χ3n) is 2.35. The average molecular weight is 266 g/mol. The second-order valence-corrected chi connectivity index (χ2v) is 3.77. The van der Waals surface area contributed by atoms with Crippen LogP contribution in [0.15, 0.2) is 18.2 Å². The highest BCUT2D eigenvalue weighted by Gasteiger charge is 2.13. The van der Waals surface area contributed by atoms with Gasteiger partial charge in [0.2, 0.25) is 5.75 Å². The fourth-order valence-corrected chi connectivity index (χ4v) is 1.51. The molecule has 0 spiro atoms. The molecule has 1 rings (SSSR count). The summed E-state index contributed by atoms with van der Waals surface area (Å²) in [5.41, 5.74) is 0.667. The van der Waals surface area contributed by atoms with E-state index < -0.39 is 5.97 Å². The van der Waals surface area contributed by atoms with E-state index in [1.165, 1.54) is 20.3 Å². The van der Waals surface area contributed by atoms with Crippen molar-refractivity contribution in [3.63, 3.8) is 0 Å². The van der Waals surface area contributed by atoms with Crippen molar-refractivity contribution in [3.05, 3.63) is 23.8 Å². The minimum Gasteiger partial charge on any atom is -0.493 e. The summed E-state index contributed by atoms with van der Waals surface area (Å²) in [5, 5.41) is 8.62. The number of benzene rings is 1. The molecule has 0 heterocycles. The Bertz CT molecular complexity index is 440. The molecule has 0 bridgehead atoms. The normalized spacial score (nSPS) is 10.5. The van der Waals surface area contributed by atoms with Gasteiger partial charge in [0.15, 0.2) is 11.5 Å². The van der Waals surface area contributed by atoms with Crippen molar-refractivity contribution >= 4 is 12.0 Å². The third kappa shape index (κ3) is 4.21. The average Bonchev–Trinajstić information content (AvgIpc) is 2.42. The summed E-state index contributed by atoms with van der Waals surface area (Å²) in [6, 6.07) is 3.40. The van der Waals surface area contributed by atoms with E-state index in [0.717, 1.165) is 12.5 Å². The number of hydrogen-bond acceptors (Lipinski definition) is 4. The lowest BCUT2D eigenvalue weighted by Crippen LogP contribution is -2.01. The Labute approximate surface area is 112 Å². The largest absolute Gasteiger partial charge is 0.493 e. The summed E-state index contributed by atoms with van der Waals surface area (Å²) in [6.45, 7) is 2.56. The first-order chi connectivity index (χ1) is 9.12. The smallest absolute Gasteiger partial charge is 0.328 e. The second-order valence-electron chi connectivity index (χ2n) is 3.77. The monoisotopic (exact) mass is 266 g/mol. The minimum atomic E-state index is -1.01. The topological polar surface area (TPSA) is 65.0 Å². The Hall–Kier alpha value is -2.17. The van der Waals surface area contributed by atoms with E-state index >= 15 is 0 Å². The van der Waals surface area contributed by atoms with Crippen LogP contribution in [0.1, 0.15) is 18.9 Å². The van der Waals surface area contributed by atoms with Gasteiger partial charge in [-0.25, -0.2) is 4.79 Å². The molecule has 19 heavy (non-hydrogen) atoms. The van der Waals surface area contributed by atoms with Crippen molar-refractivity contribution in [3.8, 4) is 17.2 Å². The number of hydrogen-bond donors (Lipinski definition) is 1. The molecule has 0 aliphatic carbocycles. The molecule has 1 aromatic rings. The standard InChI is InChI=1S/C14H18O5/c1-4-7-19-14-11(17-2)8-10(5-6-13(15)16)9-12(14)18-3/h5-6,8-9H,4,7H2,1-3H3,(H,15,16)/b6-5+. The molecule has 0 aliphatic heterocycles. The first-order valence-corrected chi connectivity index (χ1v) is 5.92. The summed E-state index contributed by atoms with van der Waals surface area (Å²) >= 11 is 0. The highest BCUT2D eigenvalue weighted by atomic mass is 16.5. The highest BCUT2D eigenvalue weighted by molar-refractivity contribution is 5.85. The van der Waals surface area contributed by atoms with Crippen molar-refractivity contribution < 1.29 is 24.1 Å². The molecule has 0 fully saturated rings. The Morgan fingerprint density at radius 1 is 1.26 bits per heavy atom. The van der Waals surface area contributed by atoms with Crippen LogP contribution in [0.5, 0.6) is 17.2 Å². The van der Waals surface area contributed by atoms with Gasteiger partial charge in [0, 0.05) is 6.08 Å². The fraction of sp³-hybridized carbons (Fsp3) is 0.357. The number of aliphatic carboxylic acids is 1. The van der Waals surface area contributed by atoms with Crippen LogP contribution in [-0.4, -0.2) is 31.9 Å². The van der Waals surface area contributed by atoms with Gasteiger partial charge in [-0.2, -0.15) is 0 Å². The van der Waals surface area contributed by atoms with E-state index in [-0.39, 0.29) is 0 Å². The molecule has 0 unspecified atom stereocenters. The first-order valence-electron chi connectivity index (χ1n) is 5.92. The summed E-state index contributed by atoms with van der Waals surface area (Å²) < 4.78 is 16.1. The Kier molecular flexibility index (Phi) is 5.73. The molecule has 5 nitrogen and oxygen atoms in total. The first kappa shape index (κ1) is 14.9. The number of methoxy groups -OCH3 is 2. The van der Waals surface area contributed by atoms with Crippen LogP contribution in [0.25, 0.3) is 6.08 Å². The van der Waals surface area contributed by atoms with Crippen LogP contribution >= 0.6 is 0 Å². The molecule has 0 radical (unpaired) electrons. The zero-order valence-electron chi connectivity index (χ0n) is 11.3. The molecule has 0 amide bonds. The number of rotatable bonds is 7. The maximum Gasteiger partial charge on any atom is 0.328 e. The van der Waals surface area contributed by atoms with Gasteiger partial charge >= 0.3 is 5.97 Å². The zero-order valence-corrected chi connectivity index (χ0v) is 11.3. The molecule has 0 aromatic heterocycles. The lowest BCUT2D eigenvalue weighted by Gasteiger charge is -2.14. The van der Waals surface area contributed by atoms with Crippen molar-refractivity contribution in [2.45, 2.75) is 13.3 Å². The Morgan fingerprint density at radius 2 is 1.84 bits per heavy atom. The molecule has 0 saturated heterocycles. The van der Waals surface area contributed by atoms with Gasteiger partial charge in [-0.3, -0.25) is 0 Å². The molecule has 104 valence electrons. The molecule has 1 aromatic carbocycles. The van der Waals surface area contributed by atoms with Gasteiger partial charge < -0.3 is 19.3 Å².